The molecule has 0 saturated carbocycles. The van der Waals surface area contributed by atoms with Crippen molar-refractivity contribution >= 4 is 18.5 Å². The van der Waals surface area contributed by atoms with E-state index in [0.717, 1.165) is 0 Å². The minimum atomic E-state index is -0.786. The molecular formula is C11H18N4O2S. The van der Waals surface area contributed by atoms with Crippen molar-refractivity contribution in [3.8, 4) is 0 Å². The summed E-state index contributed by atoms with van der Waals surface area (Å²) in [4.78, 5) is 13.5. The first-order valence-corrected chi connectivity index (χ1v) is 6.71. The molecule has 0 radical (unpaired) electrons. The number of carbonyl (C=O) groups excluding carboxylic acids is 1. The monoisotopic (exact) mass is 270 g/mol. The van der Waals surface area contributed by atoms with Gasteiger partial charge in [0, 0.05) is 25.7 Å². The van der Waals surface area contributed by atoms with Gasteiger partial charge in [0.2, 0.25) is 5.91 Å². The number of piperidine rings is 1. The lowest BCUT2D eigenvalue weighted by molar-refractivity contribution is -0.135. The Labute approximate surface area is 111 Å². The van der Waals surface area contributed by atoms with Gasteiger partial charge in [-0.1, -0.05) is 5.21 Å². The van der Waals surface area contributed by atoms with E-state index in [1.807, 2.05) is 0 Å². The molecule has 0 atom stereocenters. The summed E-state index contributed by atoms with van der Waals surface area (Å²) >= 11 is 4.06. The first-order chi connectivity index (χ1) is 8.63. The van der Waals surface area contributed by atoms with Gasteiger partial charge in [-0.3, -0.25) is 4.79 Å². The predicted octanol–water partition coefficient (Wildman–Crippen LogP) is -0.0485. The van der Waals surface area contributed by atoms with E-state index in [-0.39, 0.29) is 5.91 Å². The molecule has 2 rings (SSSR count). The molecule has 1 aromatic rings. The van der Waals surface area contributed by atoms with Crippen molar-refractivity contribution < 1.29 is 9.90 Å². The second-order valence-corrected chi connectivity index (χ2v) is 5.13. The van der Waals surface area contributed by atoms with Gasteiger partial charge in [-0.2, -0.15) is 12.6 Å². The third-order valence-corrected chi connectivity index (χ3v) is 3.52. The van der Waals surface area contributed by atoms with Crippen LogP contribution in [0.3, 0.4) is 0 Å². The zero-order valence-corrected chi connectivity index (χ0v) is 11.1. The number of aliphatic hydroxyl groups is 1. The van der Waals surface area contributed by atoms with Crippen LogP contribution < -0.4 is 0 Å². The largest absolute Gasteiger partial charge is 0.388 e. The van der Waals surface area contributed by atoms with E-state index in [0.29, 0.717) is 44.6 Å². The van der Waals surface area contributed by atoms with Crippen molar-refractivity contribution in [2.24, 2.45) is 0 Å². The highest BCUT2D eigenvalue weighted by Crippen LogP contribution is 2.24. The molecule has 1 aliphatic rings. The summed E-state index contributed by atoms with van der Waals surface area (Å²) in [6.07, 6.45) is 4.94. The van der Waals surface area contributed by atoms with E-state index in [1.54, 1.807) is 22.0 Å². The Morgan fingerprint density at radius 1 is 1.44 bits per heavy atom. The van der Waals surface area contributed by atoms with Crippen LogP contribution in [0.25, 0.3) is 0 Å². The van der Waals surface area contributed by atoms with E-state index in [1.165, 1.54) is 0 Å². The lowest BCUT2D eigenvalue weighted by atomic mass is 9.91. The lowest BCUT2D eigenvalue weighted by Gasteiger charge is -2.38. The zero-order chi connectivity index (χ0) is 13.0. The number of carbonyl (C=O) groups is 1. The SMILES string of the molecule is O=C(CCS)N1CCC(O)(Cn2ccnn2)CC1. The second-order valence-electron chi connectivity index (χ2n) is 4.68. The first kappa shape index (κ1) is 13.4. The molecule has 1 saturated heterocycles. The standard InChI is InChI=1S/C11H18N4O2S/c16-10(1-8-18)14-5-2-11(17,3-6-14)9-15-7-4-12-13-15/h4,7,17-18H,1-3,5-6,8-9H2. The van der Waals surface area contributed by atoms with Gasteiger partial charge < -0.3 is 10.0 Å². The quantitative estimate of drug-likeness (QED) is 0.753. The van der Waals surface area contributed by atoms with Crippen molar-refractivity contribution in [3.63, 3.8) is 0 Å². The molecule has 0 aliphatic carbocycles. The van der Waals surface area contributed by atoms with Gasteiger partial charge in [-0.05, 0) is 18.6 Å². The Morgan fingerprint density at radius 2 is 2.17 bits per heavy atom. The van der Waals surface area contributed by atoms with Crippen molar-refractivity contribution in [1.82, 2.24) is 19.9 Å². The summed E-state index contributed by atoms with van der Waals surface area (Å²) in [7, 11) is 0. The third kappa shape index (κ3) is 3.23. The van der Waals surface area contributed by atoms with Gasteiger partial charge in [-0.25, -0.2) is 4.68 Å². The van der Waals surface area contributed by atoms with E-state index < -0.39 is 5.60 Å². The van der Waals surface area contributed by atoms with Crippen molar-refractivity contribution in [1.29, 1.82) is 0 Å². The zero-order valence-electron chi connectivity index (χ0n) is 10.2. The maximum absolute atomic E-state index is 11.7. The minimum Gasteiger partial charge on any atom is -0.388 e. The molecule has 1 N–H and O–H groups in total. The fourth-order valence-electron chi connectivity index (χ4n) is 2.20. The number of hydrogen-bond acceptors (Lipinski definition) is 5. The molecule has 100 valence electrons. The van der Waals surface area contributed by atoms with Crippen LogP contribution in [0, 0.1) is 0 Å². The van der Waals surface area contributed by atoms with Gasteiger partial charge in [0.05, 0.1) is 18.3 Å². The Kier molecular flexibility index (Phi) is 4.23. The van der Waals surface area contributed by atoms with Gasteiger partial charge in [0.15, 0.2) is 0 Å². The van der Waals surface area contributed by atoms with E-state index in [9.17, 15) is 9.90 Å². The number of hydrogen-bond donors (Lipinski definition) is 2. The molecule has 18 heavy (non-hydrogen) atoms. The number of nitrogens with zero attached hydrogens (tertiary/aromatic N) is 4. The average Bonchev–Trinajstić information content (AvgIpc) is 2.82. The average molecular weight is 270 g/mol. The van der Waals surface area contributed by atoms with E-state index in [2.05, 4.69) is 22.9 Å². The van der Waals surface area contributed by atoms with Crippen LogP contribution in [-0.4, -0.2) is 55.4 Å². The Morgan fingerprint density at radius 3 is 2.72 bits per heavy atom. The fourth-order valence-corrected chi connectivity index (χ4v) is 2.39. The smallest absolute Gasteiger partial charge is 0.223 e. The van der Waals surface area contributed by atoms with Gasteiger partial charge in [0.25, 0.3) is 0 Å². The topological polar surface area (TPSA) is 71.2 Å². The Bertz CT molecular complexity index is 388. The Balaban J connectivity index is 1.87. The van der Waals surface area contributed by atoms with Gasteiger partial charge in [0.1, 0.15) is 0 Å². The van der Waals surface area contributed by atoms with Crippen LogP contribution in [0.15, 0.2) is 12.4 Å². The van der Waals surface area contributed by atoms with Crippen molar-refractivity contribution in [3.05, 3.63) is 12.4 Å². The van der Waals surface area contributed by atoms with Crippen molar-refractivity contribution in [2.75, 3.05) is 18.8 Å². The summed E-state index contributed by atoms with van der Waals surface area (Å²) < 4.78 is 1.63. The number of thiol groups is 1. The highest BCUT2D eigenvalue weighted by molar-refractivity contribution is 7.80. The molecule has 0 spiro atoms. The molecule has 2 heterocycles. The maximum Gasteiger partial charge on any atom is 0.223 e. The van der Waals surface area contributed by atoms with Crippen molar-refractivity contribution in [2.45, 2.75) is 31.4 Å². The first-order valence-electron chi connectivity index (χ1n) is 6.08. The second kappa shape index (κ2) is 5.71. The van der Waals surface area contributed by atoms with Gasteiger partial charge >= 0.3 is 0 Å². The van der Waals surface area contributed by atoms with Crippen LogP contribution >= 0.6 is 12.6 Å². The molecule has 1 fully saturated rings. The molecule has 1 aromatic heterocycles. The summed E-state index contributed by atoms with van der Waals surface area (Å²) in [5.74, 6) is 0.686. The lowest BCUT2D eigenvalue weighted by Crippen LogP contribution is -2.48. The minimum absolute atomic E-state index is 0.118. The molecule has 7 heteroatoms. The maximum atomic E-state index is 11.7. The fraction of sp³-hybridized carbons (Fsp3) is 0.727. The highest BCUT2D eigenvalue weighted by atomic mass is 32.1. The molecule has 0 unspecified atom stereocenters. The molecule has 1 amide bonds. The molecule has 6 nitrogen and oxygen atoms in total. The van der Waals surface area contributed by atoms with Crippen LogP contribution in [-0.2, 0) is 11.3 Å². The van der Waals surface area contributed by atoms with Gasteiger partial charge in [-0.15, -0.1) is 5.10 Å². The van der Waals surface area contributed by atoms with E-state index in [4.69, 9.17) is 0 Å². The molecular weight excluding hydrogens is 252 g/mol. The van der Waals surface area contributed by atoms with Crippen LogP contribution in [0.1, 0.15) is 19.3 Å². The van der Waals surface area contributed by atoms with Crippen LogP contribution in [0.4, 0.5) is 0 Å². The third-order valence-electron chi connectivity index (χ3n) is 3.30. The normalized spacial score (nSPS) is 18.9. The summed E-state index contributed by atoms with van der Waals surface area (Å²) in [6.45, 7) is 1.62. The molecule has 1 aliphatic heterocycles. The molecule has 0 aromatic carbocycles. The molecule has 0 bridgehead atoms. The predicted molar refractivity (Wildman–Crippen MR) is 69.3 cm³/mol. The summed E-state index contributed by atoms with van der Waals surface area (Å²) in [5.41, 5.74) is -0.786. The summed E-state index contributed by atoms with van der Waals surface area (Å²) in [6, 6.07) is 0. The number of amides is 1. The number of aromatic nitrogens is 3. The van der Waals surface area contributed by atoms with Crippen LogP contribution in [0.5, 0.6) is 0 Å². The van der Waals surface area contributed by atoms with E-state index >= 15 is 0 Å². The number of likely N-dealkylation sites (tertiary alicyclic amines) is 1. The highest BCUT2D eigenvalue weighted by Gasteiger charge is 2.34. The summed E-state index contributed by atoms with van der Waals surface area (Å²) in [5, 5.41) is 18.0. The number of rotatable bonds is 4. The van der Waals surface area contributed by atoms with Crippen LogP contribution in [0.2, 0.25) is 0 Å². The Hall–Kier alpha value is -1.08.